The lowest BCUT2D eigenvalue weighted by atomic mass is 10.1. The maximum atomic E-state index is 12.1. The van der Waals surface area contributed by atoms with Gasteiger partial charge in [-0.05, 0) is 25.0 Å². The van der Waals surface area contributed by atoms with E-state index in [1.807, 2.05) is 24.3 Å². The summed E-state index contributed by atoms with van der Waals surface area (Å²) in [4.78, 5) is 12.1. The number of fused-ring (bicyclic) bond motifs is 1. The molecule has 0 saturated carbocycles. The van der Waals surface area contributed by atoms with Crippen molar-refractivity contribution in [2.45, 2.75) is 44.8 Å². The second kappa shape index (κ2) is 9.66. The second-order valence-electron chi connectivity index (χ2n) is 6.33. The Hall–Kier alpha value is -1.96. The number of benzene rings is 1. The van der Waals surface area contributed by atoms with Crippen molar-refractivity contribution in [2.24, 2.45) is 5.73 Å². The van der Waals surface area contributed by atoms with E-state index < -0.39 is 0 Å². The Morgan fingerprint density at radius 1 is 1.35 bits per heavy atom. The highest BCUT2D eigenvalue weighted by molar-refractivity contribution is 5.91. The number of hydrogen-bond donors (Lipinski definition) is 2. The van der Waals surface area contributed by atoms with E-state index >= 15 is 0 Å². The number of methoxy groups -OCH3 is 1. The smallest absolute Gasteiger partial charge is 0.227 e. The van der Waals surface area contributed by atoms with Crippen LogP contribution in [-0.4, -0.2) is 40.4 Å². The minimum absolute atomic E-state index is 0. The fourth-order valence-electron chi connectivity index (χ4n) is 3.12. The summed E-state index contributed by atoms with van der Waals surface area (Å²) in [7, 11) is 1.56. The Bertz CT molecular complexity index is 730. The van der Waals surface area contributed by atoms with Gasteiger partial charge in [-0.1, -0.05) is 18.6 Å². The van der Waals surface area contributed by atoms with Crippen LogP contribution >= 0.6 is 12.4 Å². The van der Waals surface area contributed by atoms with E-state index in [9.17, 15) is 4.79 Å². The molecule has 1 aromatic carbocycles. The molecule has 8 heteroatoms. The number of hydrogen-bond acceptors (Lipinski definition) is 5. The van der Waals surface area contributed by atoms with Gasteiger partial charge in [0.15, 0.2) is 5.82 Å². The molecule has 142 valence electrons. The summed E-state index contributed by atoms with van der Waals surface area (Å²) in [5.41, 5.74) is 7.26. The van der Waals surface area contributed by atoms with Gasteiger partial charge in [0.1, 0.15) is 5.82 Å². The van der Waals surface area contributed by atoms with Gasteiger partial charge in [-0.2, -0.15) is 0 Å². The third-order valence-corrected chi connectivity index (χ3v) is 4.52. The number of nitrogens with two attached hydrogens (primary N) is 1. The van der Waals surface area contributed by atoms with Crippen LogP contribution in [0, 0.1) is 0 Å². The molecule has 3 N–H and O–H groups in total. The molecule has 1 aliphatic heterocycles. The summed E-state index contributed by atoms with van der Waals surface area (Å²) in [6.45, 7) is 1.26. The van der Waals surface area contributed by atoms with Crippen LogP contribution in [0.3, 0.4) is 0 Å². The Morgan fingerprint density at radius 2 is 2.19 bits per heavy atom. The first kappa shape index (κ1) is 20.4. The molecular formula is C18H26ClN5O2. The minimum Gasteiger partial charge on any atom is -0.380 e. The molecule has 2 heterocycles. The summed E-state index contributed by atoms with van der Waals surface area (Å²) in [6.07, 6.45) is 4.47. The van der Waals surface area contributed by atoms with E-state index in [2.05, 4.69) is 20.1 Å². The largest absolute Gasteiger partial charge is 0.380 e. The molecule has 26 heavy (non-hydrogen) atoms. The zero-order chi connectivity index (χ0) is 17.6. The van der Waals surface area contributed by atoms with Crippen molar-refractivity contribution < 1.29 is 9.53 Å². The lowest BCUT2D eigenvalue weighted by Gasteiger charge is -2.13. The van der Waals surface area contributed by atoms with Crippen LogP contribution in [0.5, 0.6) is 0 Å². The predicted octanol–water partition coefficient (Wildman–Crippen LogP) is 2.40. The normalized spacial score (nSPS) is 14.7. The highest BCUT2D eigenvalue weighted by Crippen LogP contribution is 2.25. The van der Waals surface area contributed by atoms with Gasteiger partial charge in [-0.25, -0.2) is 0 Å². The van der Waals surface area contributed by atoms with Gasteiger partial charge in [0.05, 0.1) is 12.5 Å². The number of carbonyl (C=O) groups excluding carboxylic acids is 1. The molecular weight excluding hydrogens is 354 g/mol. The zero-order valence-corrected chi connectivity index (χ0v) is 15.8. The number of anilines is 1. The topological polar surface area (TPSA) is 95.1 Å². The number of ether oxygens (including phenoxy) is 1. The number of amides is 1. The van der Waals surface area contributed by atoms with Crippen molar-refractivity contribution in [1.82, 2.24) is 14.8 Å². The molecule has 1 aliphatic rings. The Labute approximate surface area is 159 Å². The summed E-state index contributed by atoms with van der Waals surface area (Å²) < 4.78 is 7.35. The summed E-state index contributed by atoms with van der Waals surface area (Å²) in [6, 6.07) is 7.71. The van der Waals surface area contributed by atoms with Gasteiger partial charge in [0, 0.05) is 37.9 Å². The van der Waals surface area contributed by atoms with Crippen LogP contribution < -0.4 is 11.1 Å². The number of halogens is 1. The maximum absolute atomic E-state index is 12.1. The van der Waals surface area contributed by atoms with Crippen LogP contribution in [0.1, 0.15) is 31.5 Å². The summed E-state index contributed by atoms with van der Waals surface area (Å²) in [5, 5.41) is 11.6. The van der Waals surface area contributed by atoms with E-state index in [0.717, 1.165) is 48.7 Å². The molecule has 7 nitrogen and oxygen atoms in total. The van der Waals surface area contributed by atoms with E-state index in [1.165, 1.54) is 6.42 Å². The number of carbonyl (C=O) groups is 1. The van der Waals surface area contributed by atoms with Crippen LogP contribution in [0.2, 0.25) is 0 Å². The van der Waals surface area contributed by atoms with Gasteiger partial charge in [0.2, 0.25) is 5.91 Å². The van der Waals surface area contributed by atoms with Gasteiger partial charge in [-0.3, -0.25) is 4.79 Å². The minimum atomic E-state index is -0.268. The van der Waals surface area contributed by atoms with Crippen molar-refractivity contribution in [2.75, 3.05) is 19.0 Å². The first-order chi connectivity index (χ1) is 12.2. The first-order valence-corrected chi connectivity index (χ1v) is 8.76. The third kappa shape index (κ3) is 4.81. The molecule has 0 aliphatic carbocycles. The standard InChI is InChI=1S/C18H25N5O2.ClH/c1-25-15(12-19)11-17(24)20-14-7-5-6-13(10-14)18-22-21-16-8-3-2-4-9-23(16)18;/h5-7,10,15H,2-4,8-9,11-12,19H2,1H3,(H,20,24);1H. The molecule has 3 rings (SSSR count). The average molecular weight is 380 g/mol. The van der Waals surface area contributed by atoms with E-state index in [1.54, 1.807) is 7.11 Å². The van der Waals surface area contributed by atoms with Gasteiger partial charge < -0.3 is 20.4 Å². The molecule has 0 bridgehead atoms. The molecule has 1 aromatic heterocycles. The quantitative estimate of drug-likeness (QED) is 0.803. The van der Waals surface area contributed by atoms with Crippen molar-refractivity contribution in [3.8, 4) is 11.4 Å². The molecule has 1 amide bonds. The van der Waals surface area contributed by atoms with Crippen LogP contribution in [0.15, 0.2) is 24.3 Å². The molecule has 1 atom stereocenters. The number of nitrogens with one attached hydrogen (secondary N) is 1. The molecule has 0 spiro atoms. The number of aromatic nitrogens is 3. The third-order valence-electron chi connectivity index (χ3n) is 4.52. The lowest BCUT2D eigenvalue weighted by molar-refractivity contribution is -0.118. The average Bonchev–Trinajstić information content (AvgIpc) is 2.88. The molecule has 0 radical (unpaired) electrons. The van der Waals surface area contributed by atoms with E-state index in [-0.39, 0.29) is 30.8 Å². The second-order valence-corrected chi connectivity index (χ2v) is 6.33. The highest BCUT2D eigenvalue weighted by atomic mass is 35.5. The van der Waals surface area contributed by atoms with Gasteiger partial charge in [0.25, 0.3) is 0 Å². The Kier molecular flexibility index (Phi) is 7.56. The van der Waals surface area contributed by atoms with Crippen LogP contribution in [0.4, 0.5) is 5.69 Å². The van der Waals surface area contributed by atoms with E-state index in [0.29, 0.717) is 6.54 Å². The van der Waals surface area contributed by atoms with Crippen LogP contribution in [0.25, 0.3) is 11.4 Å². The van der Waals surface area contributed by atoms with Crippen molar-refractivity contribution in [3.05, 3.63) is 30.1 Å². The molecule has 0 saturated heterocycles. The summed E-state index contributed by atoms with van der Waals surface area (Å²) in [5.74, 6) is 1.80. The number of nitrogens with zero attached hydrogens (tertiary/aromatic N) is 3. The fraction of sp³-hybridized carbons (Fsp3) is 0.500. The molecule has 2 aromatic rings. The molecule has 1 unspecified atom stereocenters. The fourth-order valence-corrected chi connectivity index (χ4v) is 3.12. The Morgan fingerprint density at radius 3 is 2.96 bits per heavy atom. The molecule has 0 fully saturated rings. The lowest BCUT2D eigenvalue weighted by Crippen LogP contribution is -2.28. The van der Waals surface area contributed by atoms with E-state index in [4.69, 9.17) is 10.5 Å². The van der Waals surface area contributed by atoms with Gasteiger partial charge in [-0.15, -0.1) is 22.6 Å². The zero-order valence-electron chi connectivity index (χ0n) is 15.0. The predicted molar refractivity (Wildman–Crippen MR) is 103 cm³/mol. The van der Waals surface area contributed by atoms with Gasteiger partial charge >= 0.3 is 0 Å². The number of aryl methyl sites for hydroxylation is 1. The van der Waals surface area contributed by atoms with Crippen molar-refractivity contribution in [3.63, 3.8) is 0 Å². The maximum Gasteiger partial charge on any atom is 0.227 e. The van der Waals surface area contributed by atoms with Crippen molar-refractivity contribution in [1.29, 1.82) is 0 Å². The Balaban J connectivity index is 0.00000243. The SMILES string of the molecule is COC(CN)CC(=O)Nc1cccc(-c2nnc3n2CCCCC3)c1.Cl. The van der Waals surface area contributed by atoms with Crippen molar-refractivity contribution >= 4 is 24.0 Å². The number of rotatable bonds is 6. The first-order valence-electron chi connectivity index (χ1n) is 8.76. The monoisotopic (exact) mass is 379 g/mol. The summed E-state index contributed by atoms with van der Waals surface area (Å²) >= 11 is 0. The van der Waals surface area contributed by atoms with Crippen LogP contribution in [-0.2, 0) is 22.5 Å². The highest BCUT2D eigenvalue weighted by Gasteiger charge is 2.17.